The molecule has 0 saturated heterocycles. The molecule has 1 aliphatic rings. The topological polar surface area (TPSA) is 72.5 Å². The van der Waals surface area contributed by atoms with Crippen LogP contribution < -0.4 is 5.32 Å². The van der Waals surface area contributed by atoms with Gasteiger partial charge in [-0.15, -0.1) is 0 Å². The summed E-state index contributed by atoms with van der Waals surface area (Å²) < 4.78 is 5.05. The number of hydrogen-bond donors (Lipinski definition) is 1. The van der Waals surface area contributed by atoms with Crippen molar-refractivity contribution >= 4 is 46.5 Å². The summed E-state index contributed by atoms with van der Waals surface area (Å²) in [7, 11) is 0. The SMILES string of the molecule is C[C@H]1C(=O)Nc2ccc(C(=O)COC(=O)Cc3ccc(Cl)c(Cl)c3)cc21. The molecule has 1 atom stereocenters. The van der Waals surface area contributed by atoms with Gasteiger partial charge in [-0.25, -0.2) is 0 Å². The van der Waals surface area contributed by atoms with Gasteiger partial charge in [-0.1, -0.05) is 29.3 Å². The van der Waals surface area contributed by atoms with E-state index in [1.54, 1.807) is 43.3 Å². The quantitative estimate of drug-likeness (QED) is 0.616. The summed E-state index contributed by atoms with van der Waals surface area (Å²) in [6.45, 7) is 1.40. The zero-order valence-corrected chi connectivity index (χ0v) is 15.4. The van der Waals surface area contributed by atoms with Crippen LogP contribution in [0.15, 0.2) is 36.4 Å². The molecule has 1 N–H and O–H groups in total. The third-order valence-electron chi connectivity index (χ3n) is 4.19. The maximum atomic E-state index is 12.3. The lowest BCUT2D eigenvalue weighted by Crippen LogP contribution is -2.16. The minimum atomic E-state index is -0.539. The van der Waals surface area contributed by atoms with Crippen molar-refractivity contribution in [2.45, 2.75) is 19.3 Å². The number of amides is 1. The molecule has 7 heteroatoms. The number of esters is 1. The molecule has 1 heterocycles. The smallest absolute Gasteiger partial charge is 0.310 e. The highest BCUT2D eigenvalue weighted by atomic mass is 35.5. The molecular formula is C19H15Cl2NO4. The molecule has 2 aromatic carbocycles. The van der Waals surface area contributed by atoms with Gasteiger partial charge in [0.2, 0.25) is 5.91 Å². The molecule has 0 bridgehead atoms. The van der Waals surface area contributed by atoms with Crippen molar-refractivity contribution in [3.63, 3.8) is 0 Å². The molecule has 0 unspecified atom stereocenters. The fourth-order valence-electron chi connectivity index (χ4n) is 2.69. The molecule has 0 spiro atoms. The predicted molar refractivity (Wildman–Crippen MR) is 98.9 cm³/mol. The predicted octanol–water partition coefficient (Wildman–Crippen LogP) is 4.02. The first-order chi connectivity index (χ1) is 12.3. The summed E-state index contributed by atoms with van der Waals surface area (Å²) in [5, 5.41) is 3.49. The molecule has 1 aliphatic heterocycles. The van der Waals surface area contributed by atoms with E-state index in [9.17, 15) is 14.4 Å². The number of ether oxygens (including phenoxy) is 1. The Morgan fingerprint density at radius 2 is 1.88 bits per heavy atom. The summed E-state index contributed by atoms with van der Waals surface area (Å²) in [4.78, 5) is 35.9. The average Bonchev–Trinajstić information content (AvgIpc) is 2.90. The maximum Gasteiger partial charge on any atom is 0.310 e. The molecule has 2 aromatic rings. The highest BCUT2D eigenvalue weighted by Crippen LogP contribution is 2.32. The number of carbonyl (C=O) groups excluding carboxylic acids is 3. The van der Waals surface area contributed by atoms with Crippen LogP contribution in [0.3, 0.4) is 0 Å². The molecular weight excluding hydrogens is 377 g/mol. The van der Waals surface area contributed by atoms with E-state index in [2.05, 4.69) is 5.32 Å². The van der Waals surface area contributed by atoms with E-state index in [0.717, 1.165) is 5.56 Å². The van der Waals surface area contributed by atoms with Gasteiger partial charge in [0.15, 0.2) is 12.4 Å². The van der Waals surface area contributed by atoms with E-state index in [1.807, 2.05) is 0 Å². The van der Waals surface area contributed by atoms with E-state index >= 15 is 0 Å². The van der Waals surface area contributed by atoms with Crippen molar-refractivity contribution in [3.05, 3.63) is 63.1 Å². The Labute approximate surface area is 160 Å². The zero-order chi connectivity index (χ0) is 18.8. The fraction of sp³-hybridized carbons (Fsp3) is 0.211. The Hall–Kier alpha value is -2.37. The number of carbonyl (C=O) groups is 3. The Kier molecular flexibility index (Phi) is 5.30. The van der Waals surface area contributed by atoms with Crippen LogP contribution in [0.25, 0.3) is 0 Å². The molecule has 0 saturated carbocycles. The van der Waals surface area contributed by atoms with Gasteiger partial charge in [0, 0.05) is 11.3 Å². The van der Waals surface area contributed by atoms with Crippen LogP contribution in [0.1, 0.15) is 34.3 Å². The van der Waals surface area contributed by atoms with Crippen LogP contribution in [0, 0.1) is 0 Å². The van der Waals surface area contributed by atoms with E-state index in [1.165, 1.54) is 0 Å². The van der Waals surface area contributed by atoms with E-state index in [4.69, 9.17) is 27.9 Å². The molecule has 3 rings (SSSR count). The summed E-state index contributed by atoms with van der Waals surface area (Å²) in [6.07, 6.45) is -0.0101. The molecule has 0 fully saturated rings. The first kappa shape index (κ1) is 18.4. The van der Waals surface area contributed by atoms with E-state index in [-0.39, 0.29) is 30.6 Å². The Morgan fingerprint density at radius 3 is 2.62 bits per heavy atom. The number of hydrogen-bond acceptors (Lipinski definition) is 4. The number of halogens is 2. The third-order valence-corrected chi connectivity index (χ3v) is 4.93. The maximum absolute atomic E-state index is 12.3. The largest absolute Gasteiger partial charge is 0.457 e. The molecule has 1 amide bonds. The number of ketones is 1. The molecule has 0 aromatic heterocycles. The van der Waals surface area contributed by atoms with Crippen molar-refractivity contribution in [3.8, 4) is 0 Å². The van der Waals surface area contributed by atoms with Gasteiger partial charge < -0.3 is 10.1 Å². The van der Waals surface area contributed by atoms with Crippen molar-refractivity contribution in [1.82, 2.24) is 0 Å². The third kappa shape index (κ3) is 3.89. The number of Topliss-reactive ketones (excluding diaryl/α,β-unsaturated/α-hetero) is 1. The first-order valence-corrected chi connectivity index (χ1v) is 8.68. The van der Waals surface area contributed by atoms with Gasteiger partial charge >= 0.3 is 5.97 Å². The summed E-state index contributed by atoms with van der Waals surface area (Å²) in [6, 6.07) is 9.79. The van der Waals surface area contributed by atoms with E-state index in [0.29, 0.717) is 26.9 Å². The van der Waals surface area contributed by atoms with Crippen molar-refractivity contribution in [2.75, 3.05) is 11.9 Å². The fourth-order valence-corrected chi connectivity index (χ4v) is 3.01. The number of anilines is 1. The van der Waals surface area contributed by atoms with Gasteiger partial charge in [-0.2, -0.15) is 0 Å². The van der Waals surface area contributed by atoms with E-state index < -0.39 is 5.97 Å². The minimum absolute atomic E-state index is 0.0101. The molecule has 134 valence electrons. The average molecular weight is 392 g/mol. The minimum Gasteiger partial charge on any atom is -0.457 e. The molecule has 26 heavy (non-hydrogen) atoms. The van der Waals surface area contributed by atoms with Gasteiger partial charge in [0.05, 0.1) is 22.4 Å². The van der Waals surface area contributed by atoms with Crippen LogP contribution in [0.2, 0.25) is 10.0 Å². The first-order valence-electron chi connectivity index (χ1n) is 7.92. The second-order valence-electron chi connectivity index (χ2n) is 6.02. The van der Waals surface area contributed by atoms with Gasteiger partial charge in [-0.3, -0.25) is 14.4 Å². The second-order valence-corrected chi connectivity index (χ2v) is 6.84. The molecule has 5 nitrogen and oxygen atoms in total. The van der Waals surface area contributed by atoms with Crippen molar-refractivity contribution in [2.24, 2.45) is 0 Å². The lowest BCUT2D eigenvalue weighted by atomic mass is 9.99. The van der Waals surface area contributed by atoms with Crippen LogP contribution in [-0.4, -0.2) is 24.3 Å². The second kappa shape index (κ2) is 7.48. The Bertz CT molecular complexity index is 910. The number of fused-ring (bicyclic) bond motifs is 1. The van der Waals surface area contributed by atoms with Crippen LogP contribution in [0.5, 0.6) is 0 Å². The highest BCUT2D eigenvalue weighted by molar-refractivity contribution is 6.42. The highest BCUT2D eigenvalue weighted by Gasteiger charge is 2.27. The Morgan fingerprint density at radius 1 is 1.12 bits per heavy atom. The van der Waals surface area contributed by atoms with Crippen LogP contribution in [0.4, 0.5) is 5.69 Å². The van der Waals surface area contributed by atoms with Gasteiger partial charge in [0.1, 0.15) is 0 Å². The zero-order valence-electron chi connectivity index (χ0n) is 13.8. The normalized spacial score (nSPS) is 15.3. The lowest BCUT2D eigenvalue weighted by Gasteiger charge is -2.07. The van der Waals surface area contributed by atoms with Crippen LogP contribution in [-0.2, 0) is 20.7 Å². The number of rotatable bonds is 5. The van der Waals surface area contributed by atoms with Gasteiger partial charge in [0.25, 0.3) is 0 Å². The van der Waals surface area contributed by atoms with Crippen molar-refractivity contribution < 1.29 is 19.1 Å². The summed E-state index contributed by atoms with van der Waals surface area (Å²) in [5.41, 5.74) is 2.51. The van der Waals surface area contributed by atoms with Gasteiger partial charge in [-0.05, 0) is 48.4 Å². The number of nitrogens with one attached hydrogen (secondary N) is 1. The number of benzene rings is 2. The molecule has 0 aliphatic carbocycles. The summed E-state index contributed by atoms with van der Waals surface area (Å²) in [5.74, 6) is -1.28. The monoisotopic (exact) mass is 391 g/mol. The van der Waals surface area contributed by atoms with Crippen LogP contribution >= 0.6 is 23.2 Å². The summed E-state index contributed by atoms with van der Waals surface area (Å²) >= 11 is 11.7. The van der Waals surface area contributed by atoms with Crippen molar-refractivity contribution in [1.29, 1.82) is 0 Å². The molecule has 0 radical (unpaired) electrons. The standard InChI is InChI=1S/C19H15Cl2NO4/c1-10-13-8-12(3-5-16(13)22-19(10)25)17(23)9-26-18(24)7-11-2-4-14(20)15(21)6-11/h2-6,8,10H,7,9H2,1H3,(H,22,25)/t10-/m1/s1. The lowest BCUT2D eigenvalue weighted by molar-refractivity contribution is -0.141. The Balaban J connectivity index is 1.59.